The molecule has 0 aromatic rings. The molecule has 1 aliphatic rings. The van der Waals surface area contributed by atoms with Gasteiger partial charge in [0.15, 0.2) is 0 Å². The zero-order valence-electron chi connectivity index (χ0n) is 5.92. The van der Waals surface area contributed by atoms with Crippen LogP contribution in [0.5, 0.6) is 0 Å². The van der Waals surface area contributed by atoms with Crippen LogP contribution in [0, 0.1) is 5.92 Å². The summed E-state index contributed by atoms with van der Waals surface area (Å²) in [7, 11) is 0. The Balaban J connectivity index is 2.25. The third kappa shape index (κ3) is 1.92. The van der Waals surface area contributed by atoms with Crippen molar-refractivity contribution in [2.45, 2.75) is 19.0 Å². The summed E-state index contributed by atoms with van der Waals surface area (Å²) in [5.74, 6) is 0.0266. The summed E-state index contributed by atoms with van der Waals surface area (Å²) < 4.78 is 17.7. The maximum absolute atomic E-state index is 12.8. The van der Waals surface area contributed by atoms with E-state index in [-0.39, 0.29) is 19.1 Å². The van der Waals surface area contributed by atoms with Crippen molar-refractivity contribution in [3.8, 4) is 0 Å². The van der Waals surface area contributed by atoms with Gasteiger partial charge in [0.2, 0.25) is 0 Å². The SMILES string of the molecule is OCC[C@@H]1CCOC[C@@H]1F. The monoisotopic (exact) mass is 148 g/mol. The van der Waals surface area contributed by atoms with Gasteiger partial charge >= 0.3 is 0 Å². The van der Waals surface area contributed by atoms with Crippen LogP contribution in [0.3, 0.4) is 0 Å². The Morgan fingerprint density at radius 1 is 1.60 bits per heavy atom. The van der Waals surface area contributed by atoms with Crippen LogP contribution in [0.15, 0.2) is 0 Å². The van der Waals surface area contributed by atoms with Gasteiger partial charge in [-0.05, 0) is 18.8 Å². The molecule has 0 saturated carbocycles. The molecule has 0 spiro atoms. The van der Waals surface area contributed by atoms with Crippen LogP contribution < -0.4 is 0 Å². The number of alkyl halides is 1. The van der Waals surface area contributed by atoms with Gasteiger partial charge in [0.05, 0.1) is 6.61 Å². The smallest absolute Gasteiger partial charge is 0.126 e. The summed E-state index contributed by atoms with van der Waals surface area (Å²) in [4.78, 5) is 0. The van der Waals surface area contributed by atoms with Crippen molar-refractivity contribution in [3.05, 3.63) is 0 Å². The molecule has 2 nitrogen and oxygen atoms in total. The Morgan fingerprint density at radius 3 is 3.00 bits per heavy atom. The quantitative estimate of drug-likeness (QED) is 0.626. The molecule has 0 aromatic carbocycles. The highest BCUT2D eigenvalue weighted by atomic mass is 19.1. The van der Waals surface area contributed by atoms with Crippen molar-refractivity contribution in [1.82, 2.24) is 0 Å². The van der Waals surface area contributed by atoms with Gasteiger partial charge in [0, 0.05) is 13.2 Å². The second-order valence-electron chi connectivity index (χ2n) is 2.65. The zero-order valence-corrected chi connectivity index (χ0v) is 5.92. The number of halogens is 1. The van der Waals surface area contributed by atoms with E-state index in [1.807, 2.05) is 0 Å². The molecule has 1 saturated heterocycles. The highest BCUT2D eigenvalue weighted by Gasteiger charge is 2.24. The van der Waals surface area contributed by atoms with E-state index >= 15 is 0 Å². The van der Waals surface area contributed by atoms with Crippen LogP contribution in [-0.2, 0) is 4.74 Å². The third-order valence-corrected chi connectivity index (χ3v) is 1.92. The minimum absolute atomic E-state index is 0.0266. The highest BCUT2D eigenvalue weighted by Crippen LogP contribution is 2.20. The molecule has 0 radical (unpaired) electrons. The third-order valence-electron chi connectivity index (χ3n) is 1.92. The summed E-state index contributed by atoms with van der Waals surface area (Å²) in [5.41, 5.74) is 0. The van der Waals surface area contributed by atoms with Crippen LogP contribution in [-0.4, -0.2) is 31.1 Å². The lowest BCUT2D eigenvalue weighted by Gasteiger charge is -2.24. The fraction of sp³-hybridized carbons (Fsp3) is 1.00. The Morgan fingerprint density at radius 2 is 2.40 bits per heavy atom. The zero-order chi connectivity index (χ0) is 7.40. The molecule has 2 atom stereocenters. The van der Waals surface area contributed by atoms with Crippen molar-refractivity contribution in [2.24, 2.45) is 5.92 Å². The van der Waals surface area contributed by atoms with Crippen molar-refractivity contribution in [1.29, 1.82) is 0 Å². The fourth-order valence-electron chi connectivity index (χ4n) is 1.24. The summed E-state index contributed by atoms with van der Waals surface area (Å²) in [6.07, 6.45) is 0.465. The molecular weight excluding hydrogens is 135 g/mol. The molecule has 0 unspecified atom stereocenters. The second kappa shape index (κ2) is 3.88. The molecule has 0 amide bonds. The average molecular weight is 148 g/mol. The van der Waals surface area contributed by atoms with E-state index in [0.717, 1.165) is 6.42 Å². The molecule has 1 N–H and O–H groups in total. The lowest BCUT2D eigenvalue weighted by molar-refractivity contribution is -0.00845. The maximum Gasteiger partial charge on any atom is 0.126 e. The van der Waals surface area contributed by atoms with Gasteiger partial charge in [-0.2, -0.15) is 0 Å². The number of aliphatic hydroxyl groups is 1. The van der Waals surface area contributed by atoms with Crippen LogP contribution in [0.25, 0.3) is 0 Å². The predicted octanol–water partition coefficient (Wildman–Crippen LogP) is 0.743. The Labute approximate surface area is 60.0 Å². The van der Waals surface area contributed by atoms with Crippen molar-refractivity contribution >= 4 is 0 Å². The van der Waals surface area contributed by atoms with Gasteiger partial charge in [0.1, 0.15) is 6.17 Å². The van der Waals surface area contributed by atoms with Crippen LogP contribution in [0.1, 0.15) is 12.8 Å². The van der Waals surface area contributed by atoms with Crippen LogP contribution in [0.4, 0.5) is 4.39 Å². The minimum atomic E-state index is -0.860. The van der Waals surface area contributed by atoms with Gasteiger partial charge in [-0.1, -0.05) is 0 Å². The standard InChI is InChI=1S/C7H13FO2/c8-7-5-10-4-2-6(7)1-3-9/h6-7,9H,1-5H2/t6-,7+/m1/s1. The van der Waals surface area contributed by atoms with Gasteiger partial charge < -0.3 is 9.84 Å². The van der Waals surface area contributed by atoms with Crippen molar-refractivity contribution in [2.75, 3.05) is 19.8 Å². The first kappa shape index (κ1) is 7.95. The molecule has 1 heterocycles. The molecule has 1 rings (SSSR count). The van der Waals surface area contributed by atoms with E-state index in [1.165, 1.54) is 0 Å². The molecule has 60 valence electrons. The van der Waals surface area contributed by atoms with Crippen molar-refractivity contribution in [3.63, 3.8) is 0 Å². The number of aliphatic hydroxyl groups excluding tert-OH is 1. The second-order valence-corrected chi connectivity index (χ2v) is 2.65. The molecular formula is C7H13FO2. The minimum Gasteiger partial charge on any atom is -0.396 e. The molecule has 0 aliphatic carbocycles. The average Bonchev–Trinajstić information content (AvgIpc) is 1.94. The Hall–Kier alpha value is -0.150. The molecule has 0 bridgehead atoms. The number of hydrogen-bond acceptors (Lipinski definition) is 2. The van der Waals surface area contributed by atoms with E-state index in [2.05, 4.69) is 0 Å². The summed E-state index contributed by atoms with van der Waals surface area (Å²) in [5, 5.41) is 8.53. The Kier molecular flexibility index (Phi) is 3.09. The van der Waals surface area contributed by atoms with Gasteiger partial charge in [-0.25, -0.2) is 4.39 Å². The summed E-state index contributed by atoms with van der Waals surface area (Å²) >= 11 is 0. The number of hydrogen-bond donors (Lipinski definition) is 1. The lowest BCUT2D eigenvalue weighted by atomic mass is 9.95. The topological polar surface area (TPSA) is 29.5 Å². The largest absolute Gasteiger partial charge is 0.396 e. The lowest BCUT2D eigenvalue weighted by Crippen LogP contribution is -2.29. The van der Waals surface area contributed by atoms with Gasteiger partial charge in [-0.15, -0.1) is 0 Å². The number of rotatable bonds is 2. The maximum atomic E-state index is 12.8. The van der Waals surface area contributed by atoms with Gasteiger partial charge in [0.25, 0.3) is 0 Å². The van der Waals surface area contributed by atoms with E-state index in [1.54, 1.807) is 0 Å². The molecule has 3 heteroatoms. The van der Waals surface area contributed by atoms with E-state index < -0.39 is 6.17 Å². The van der Waals surface area contributed by atoms with Gasteiger partial charge in [-0.3, -0.25) is 0 Å². The van der Waals surface area contributed by atoms with Crippen molar-refractivity contribution < 1.29 is 14.2 Å². The summed E-state index contributed by atoms with van der Waals surface area (Å²) in [6, 6.07) is 0. The normalized spacial score (nSPS) is 34.2. The summed E-state index contributed by atoms with van der Waals surface area (Å²) in [6.45, 7) is 0.945. The van der Waals surface area contributed by atoms with E-state index in [9.17, 15) is 4.39 Å². The first-order valence-electron chi connectivity index (χ1n) is 3.67. The van der Waals surface area contributed by atoms with E-state index in [4.69, 9.17) is 9.84 Å². The predicted molar refractivity (Wildman–Crippen MR) is 35.5 cm³/mol. The molecule has 0 aromatic heterocycles. The van der Waals surface area contributed by atoms with Crippen LogP contribution in [0.2, 0.25) is 0 Å². The highest BCUT2D eigenvalue weighted by molar-refractivity contribution is 4.72. The number of ether oxygens (including phenoxy) is 1. The molecule has 1 fully saturated rings. The fourth-order valence-corrected chi connectivity index (χ4v) is 1.24. The first-order valence-corrected chi connectivity index (χ1v) is 3.67. The van der Waals surface area contributed by atoms with E-state index in [0.29, 0.717) is 13.0 Å². The Bertz CT molecular complexity index is 95.6. The molecule has 10 heavy (non-hydrogen) atoms. The van der Waals surface area contributed by atoms with Crippen LogP contribution >= 0.6 is 0 Å². The first-order chi connectivity index (χ1) is 4.84. The molecule has 1 aliphatic heterocycles.